The topological polar surface area (TPSA) is 102 Å². The largest absolute Gasteiger partial charge is 0.374 e. The molecule has 0 aliphatic heterocycles. The molecule has 0 bridgehead atoms. The van der Waals surface area contributed by atoms with Gasteiger partial charge < -0.3 is 5.73 Å². The number of carbonyl (C=O) groups is 1. The molecule has 22 heavy (non-hydrogen) atoms. The standard InChI is InChI=1S/C14H12N4O3S/c15-14(22)17(11-6-8-12(9-7-11)18(20)21)16-13(19)10-4-2-1-3-5-10/h1-9H,(H2,15,22)(H,16,19). The Morgan fingerprint density at radius 2 is 1.73 bits per heavy atom. The van der Waals surface area contributed by atoms with E-state index in [1.54, 1.807) is 30.3 Å². The molecule has 2 aromatic carbocycles. The van der Waals surface area contributed by atoms with Crippen molar-refractivity contribution in [2.45, 2.75) is 0 Å². The number of hydrazine groups is 1. The number of amides is 1. The zero-order valence-corrected chi connectivity index (χ0v) is 12.1. The van der Waals surface area contributed by atoms with Gasteiger partial charge in [-0.15, -0.1) is 0 Å². The first kappa shape index (κ1) is 15.4. The number of hydrogen-bond donors (Lipinski definition) is 2. The fourth-order valence-electron chi connectivity index (χ4n) is 1.73. The molecule has 112 valence electrons. The van der Waals surface area contributed by atoms with E-state index in [9.17, 15) is 14.9 Å². The van der Waals surface area contributed by atoms with Crippen LogP contribution in [0.4, 0.5) is 11.4 Å². The summed E-state index contributed by atoms with van der Waals surface area (Å²) >= 11 is 4.91. The normalized spacial score (nSPS) is 9.82. The number of hydrogen-bond acceptors (Lipinski definition) is 4. The van der Waals surface area contributed by atoms with Gasteiger partial charge in [0.05, 0.1) is 10.6 Å². The predicted octanol–water partition coefficient (Wildman–Crippen LogP) is 1.99. The van der Waals surface area contributed by atoms with Crippen LogP contribution in [-0.4, -0.2) is 15.9 Å². The van der Waals surface area contributed by atoms with Gasteiger partial charge in [-0.1, -0.05) is 18.2 Å². The number of non-ortho nitro benzene ring substituents is 1. The van der Waals surface area contributed by atoms with Gasteiger partial charge in [-0.05, 0) is 36.5 Å². The van der Waals surface area contributed by atoms with Crippen LogP contribution in [0.25, 0.3) is 0 Å². The number of anilines is 1. The third-order valence-corrected chi connectivity index (χ3v) is 2.97. The second kappa shape index (κ2) is 6.64. The average Bonchev–Trinajstić information content (AvgIpc) is 2.53. The highest BCUT2D eigenvalue weighted by molar-refractivity contribution is 7.80. The first-order valence-electron chi connectivity index (χ1n) is 6.19. The maximum Gasteiger partial charge on any atom is 0.270 e. The molecule has 0 fully saturated rings. The minimum absolute atomic E-state index is 0.0685. The minimum Gasteiger partial charge on any atom is -0.374 e. The van der Waals surface area contributed by atoms with Crippen LogP contribution in [0.15, 0.2) is 54.6 Å². The van der Waals surface area contributed by atoms with Crippen molar-refractivity contribution in [1.82, 2.24) is 5.43 Å². The molecule has 7 nitrogen and oxygen atoms in total. The molecule has 0 heterocycles. The average molecular weight is 316 g/mol. The van der Waals surface area contributed by atoms with Crippen molar-refractivity contribution in [2.24, 2.45) is 5.73 Å². The second-order valence-electron chi connectivity index (χ2n) is 4.25. The highest BCUT2D eigenvalue weighted by atomic mass is 32.1. The summed E-state index contributed by atoms with van der Waals surface area (Å²) in [5, 5.41) is 11.8. The number of thiocarbonyl (C=S) groups is 1. The summed E-state index contributed by atoms with van der Waals surface area (Å²) in [6.07, 6.45) is 0. The number of nitro benzene ring substituents is 1. The van der Waals surface area contributed by atoms with Crippen molar-refractivity contribution in [3.8, 4) is 0 Å². The van der Waals surface area contributed by atoms with Crippen LogP contribution in [-0.2, 0) is 0 Å². The number of benzene rings is 2. The lowest BCUT2D eigenvalue weighted by atomic mass is 10.2. The van der Waals surface area contributed by atoms with Crippen LogP contribution in [0, 0.1) is 10.1 Å². The van der Waals surface area contributed by atoms with Gasteiger partial charge in [0, 0.05) is 17.7 Å². The van der Waals surface area contributed by atoms with Gasteiger partial charge in [0.15, 0.2) is 5.11 Å². The lowest BCUT2D eigenvalue weighted by molar-refractivity contribution is -0.384. The molecule has 0 radical (unpaired) electrons. The van der Waals surface area contributed by atoms with Gasteiger partial charge in [-0.25, -0.2) is 5.01 Å². The Bertz CT molecular complexity index is 704. The van der Waals surface area contributed by atoms with Crippen LogP contribution in [0.3, 0.4) is 0 Å². The highest BCUT2D eigenvalue weighted by Crippen LogP contribution is 2.18. The Morgan fingerprint density at radius 3 is 2.23 bits per heavy atom. The molecule has 0 saturated carbocycles. The number of rotatable bonds is 3. The Kier molecular flexibility index (Phi) is 4.64. The van der Waals surface area contributed by atoms with E-state index in [1.165, 1.54) is 29.3 Å². The van der Waals surface area contributed by atoms with E-state index in [1.807, 2.05) is 0 Å². The maximum absolute atomic E-state index is 12.1. The molecule has 0 aromatic heterocycles. The maximum atomic E-state index is 12.1. The van der Waals surface area contributed by atoms with Crippen LogP contribution >= 0.6 is 12.2 Å². The van der Waals surface area contributed by atoms with E-state index in [0.29, 0.717) is 11.3 Å². The van der Waals surface area contributed by atoms with Crippen LogP contribution in [0.1, 0.15) is 10.4 Å². The Labute approximate surface area is 131 Å². The highest BCUT2D eigenvalue weighted by Gasteiger charge is 2.15. The molecule has 8 heteroatoms. The van der Waals surface area contributed by atoms with Gasteiger partial charge in [-0.2, -0.15) is 0 Å². The lowest BCUT2D eigenvalue weighted by Gasteiger charge is -2.23. The number of nitrogens with zero attached hydrogens (tertiary/aromatic N) is 2. The van der Waals surface area contributed by atoms with Crippen molar-refractivity contribution >= 4 is 34.6 Å². The Morgan fingerprint density at radius 1 is 1.14 bits per heavy atom. The van der Waals surface area contributed by atoms with Gasteiger partial charge in [-0.3, -0.25) is 20.3 Å². The molecule has 1 amide bonds. The number of carbonyl (C=O) groups excluding carboxylic acids is 1. The first-order chi connectivity index (χ1) is 10.5. The van der Waals surface area contributed by atoms with Crippen molar-refractivity contribution in [3.05, 3.63) is 70.3 Å². The smallest absolute Gasteiger partial charge is 0.270 e. The van der Waals surface area contributed by atoms with Crippen LogP contribution in [0.5, 0.6) is 0 Å². The Balaban J connectivity index is 2.22. The van der Waals surface area contributed by atoms with Gasteiger partial charge in [0.2, 0.25) is 0 Å². The molecule has 3 N–H and O–H groups in total. The van der Waals surface area contributed by atoms with Crippen molar-refractivity contribution in [3.63, 3.8) is 0 Å². The molecule has 2 aromatic rings. The summed E-state index contributed by atoms with van der Waals surface area (Å²) in [6.45, 7) is 0. The van der Waals surface area contributed by atoms with Gasteiger partial charge in [0.1, 0.15) is 0 Å². The zero-order valence-electron chi connectivity index (χ0n) is 11.3. The van der Waals surface area contributed by atoms with E-state index in [-0.39, 0.29) is 10.8 Å². The lowest BCUT2D eigenvalue weighted by Crippen LogP contribution is -2.49. The SMILES string of the molecule is NC(=S)N(NC(=O)c1ccccc1)c1ccc([N+](=O)[O-])cc1. The number of nitro groups is 1. The van der Waals surface area contributed by atoms with E-state index in [4.69, 9.17) is 18.0 Å². The summed E-state index contributed by atoms with van der Waals surface area (Å²) in [4.78, 5) is 22.3. The second-order valence-corrected chi connectivity index (χ2v) is 4.67. The van der Waals surface area contributed by atoms with Gasteiger partial charge >= 0.3 is 0 Å². The van der Waals surface area contributed by atoms with Crippen LogP contribution in [0.2, 0.25) is 0 Å². The zero-order chi connectivity index (χ0) is 16.1. The van der Waals surface area contributed by atoms with Crippen LogP contribution < -0.4 is 16.2 Å². The fraction of sp³-hybridized carbons (Fsp3) is 0. The molecular weight excluding hydrogens is 304 g/mol. The molecular formula is C14H12N4O3S. The molecule has 0 spiro atoms. The molecule has 2 rings (SSSR count). The molecule has 0 unspecified atom stereocenters. The van der Waals surface area contributed by atoms with E-state index in [2.05, 4.69) is 5.43 Å². The number of nitrogens with two attached hydrogens (primary N) is 1. The molecule has 0 saturated heterocycles. The molecule has 0 aliphatic carbocycles. The summed E-state index contributed by atoms with van der Waals surface area (Å²) < 4.78 is 0. The fourth-order valence-corrected chi connectivity index (χ4v) is 1.88. The van der Waals surface area contributed by atoms with Crippen molar-refractivity contribution in [1.29, 1.82) is 0 Å². The monoisotopic (exact) mass is 316 g/mol. The quantitative estimate of drug-likeness (QED) is 0.510. The third-order valence-electron chi connectivity index (χ3n) is 2.79. The summed E-state index contributed by atoms with van der Waals surface area (Å²) in [5.74, 6) is -0.397. The first-order valence-corrected chi connectivity index (χ1v) is 6.60. The van der Waals surface area contributed by atoms with E-state index in [0.717, 1.165) is 0 Å². The van der Waals surface area contributed by atoms with Crippen molar-refractivity contribution < 1.29 is 9.72 Å². The summed E-state index contributed by atoms with van der Waals surface area (Å²) in [6, 6.07) is 14.0. The molecule has 0 aliphatic rings. The predicted molar refractivity (Wildman–Crippen MR) is 86.3 cm³/mol. The molecule has 0 atom stereocenters. The third kappa shape index (κ3) is 3.55. The van der Waals surface area contributed by atoms with E-state index >= 15 is 0 Å². The van der Waals surface area contributed by atoms with E-state index < -0.39 is 10.8 Å². The Hall–Kier alpha value is -3.00. The minimum atomic E-state index is -0.516. The van der Waals surface area contributed by atoms with Crippen molar-refractivity contribution in [2.75, 3.05) is 5.01 Å². The van der Waals surface area contributed by atoms with Gasteiger partial charge in [0.25, 0.3) is 11.6 Å². The summed E-state index contributed by atoms with van der Waals surface area (Å²) in [7, 11) is 0. The summed E-state index contributed by atoms with van der Waals surface area (Å²) in [5.41, 5.74) is 8.94. The number of nitrogens with one attached hydrogen (secondary N) is 1.